The average molecular weight is 150 g/mol. The van der Waals surface area contributed by atoms with Crippen LogP contribution in [0.2, 0.25) is 0 Å². The highest BCUT2D eigenvalue weighted by Gasteiger charge is 1.78. The van der Waals surface area contributed by atoms with Crippen molar-refractivity contribution in [1.82, 2.24) is 0 Å². The largest absolute Gasteiger partial charge is 0.0985 e. The van der Waals surface area contributed by atoms with Crippen LogP contribution in [0.1, 0.15) is 46.0 Å². The molecule has 0 heterocycles. The molecule has 0 unspecified atom stereocenters. The van der Waals surface area contributed by atoms with Gasteiger partial charge in [-0.3, -0.25) is 0 Å². The Kier molecular flexibility index (Phi) is 8.71. The monoisotopic (exact) mass is 150 g/mol. The molecule has 0 nitrogen and oxygen atoms in total. The molecule has 0 saturated heterocycles. The van der Waals surface area contributed by atoms with Crippen LogP contribution in [0.25, 0.3) is 0 Å². The highest BCUT2D eigenvalue weighted by atomic mass is 13.8. The van der Waals surface area contributed by atoms with Gasteiger partial charge in [-0.15, -0.1) is 0 Å². The van der Waals surface area contributed by atoms with E-state index in [-0.39, 0.29) is 0 Å². The van der Waals surface area contributed by atoms with Crippen LogP contribution in [0.15, 0.2) is 12.2 Å². The molecule has 0 saturated carbocycles. The zero-order chi connectivity index (χ0) is 8.36. The Hall–Kier alpha value is -0.700. The molecule has 0 aromatic rings. The third kappa shape index (κ3) is 9.30. The maximum absolute atomic E-state index is 3.12. The van der Waals surface area contributed by atoms with E-state index >= 15 is 0 Å². The van der Waals surface area contributed by atoms with Crippen LogP contribution in [-0.4, -0.2) is 0 Å². The molecule has 0 aliphatic heterocycles. The van der Waals surface area contributed by atoms with E-state index in [0.717, 1.165) is 12.8 Å². The van der Waals surface area contributed by atoms with E-state index in [4.69, 9.17) is 0 Å². The highest BCUT2D eigenvalue weighted by molar-refractivity contribution is 5.14. The molecular weight excluding hydrogens is 132 g/mol. The molecule has 0 aromatic heterocycles. The van der Waals surface area contributed by atoms with Crippen molar-refractivity contribution >= 4 is 0 Å². The van der Waals surface area contributed by atoms with Gasteiger partial charge in [-0.2, -0.15) is 0 Å². The number of hydrogen-bond acceptors (Lipinski definition) is 0. The van der Waals surface area contributed by atoms with Crippen molar-refractivity contribution in [1.29, 1.82) is 0 Å². The number of unbranched alkanes of at least 4 members (excludes halogenated alkanes) is 3. The first-order valence-corrected chi connectivity index (χ1v) is 4.55. The van der Waals surface area contributed by atoms with Crippen LogP contribution in [-0.2, 0) is 0 Å². The Bertz CT molecular complexity index is 143. The molecule has 0 heteroatoms. The molecule has 0 aliphatic carbocycles. The summed E-state index contributed by atoms with van der Waals surface area (Å²) in [6.07, 6.45) is 10.0. The van der Waals surface area contributed by atoms with Crippen LogP contribution in [0.3, 0.4) is 0 Å². The van der Waals surface area contributed by atoms with Crippen molar-refractivity contribution in [3.05, 3.63) is 12.2 Å². The fourth-order valence-corrected chi connectivity index (χ4v) is 0.771. The van der Waals surface area contributed by atoms with E-state index in [1.165, 1.54) is 19.3 Å². The van der Waals surface area contributed by atoms with Crippen molar-refractivity contribution in [2.75, 3.05) is 0 Å². The summed E-state index contributed by atoms with van der Waals surface area (Å²) in [7, 11) is 0. The zero-order valence-corrected chi connectivity index (χ0v) is 7.69. The molecule has 11 heavy (non-hydrogen) atoms. The minimum absolute atomic E-state index is 1.06. The van der Waals surface area contributed by atoms with Gasteiger partial charge in [-0.25, -0.2) is 0 Å². The summed E-state index contributed by atoms with van der Waals surface area (Å²) in [5, 5.41) is 0. The standard InChI is InChI=1S/C11H18/c1-3-5-7-9-11-10-8-6-4-2/h5,7H,3-4,6,8,10H2,1-2H3/b7-5-. The van der Waals surface area contributed by atoms with Crippen molar-refractivity contribution in [2.45, 2.75) is 46.0 Å². The maximum Gasteiger partial charge on any atom is 0.00922 e. The first-order valence-electron chi connectivity index (χ1n) is 4.55. The van der Waals surface area contributed by atoms with Gasteiger partial charge >= 0.3 is 0 Å². The van der Waals surface area contributed by atoms with E-state index < -0.39 is 0 Å². The number of hydrogen-bond donors (Lipinski definition) is 0. The van der Waals surface area contributed by atoms with Gasteiger partial charge in [0.25, 0.3) is 0 Å². The summed E-state index contributed by atoms with van der Waals surface area (Å²) in [5.41, 5.74) is 0. The number of rotatable bonds is 4. The van der Waals surface area contributed by atoms with Crippen LogP contribution in [0.4, 0.5) is 0 Å². The Labute approximate surface area is 70.7 Å². The SMILES string of the molecule is CC/C=C\C#CCCCCC. The molecule has 0 fully saturated rings. The topological polar surface area (TPSA) is 0 Å². The summed E-state index contributed by atoms with van der Waals surface area (Å²) in [5.74, 6) is 6.13. The van der Waals surface area contributed by atoms with Crippen LogP contribution < -0.4 is 0 Å². The smallest absolute Gasteiger partial charge is 0.00922 e. The molecule has 0 radical (unpaired) electrons. The average Bonchev–Trinajstić information content (AvgIpc) is 2.03. The summed E-state index contributed by atoms with van der Waals surface area (Å²) >= 11 is 0. The van der Waals surface area contributed by atoms with Crippen LogP contribution in [0, 0.1) is 11.8 Å². The minimum atomic E-state index is 1.06. The van der Waals surface area contributed by atoms with Gasteiger partial charge in [-0.05, 0) is 18.9 Å². The summed E-state index contributed by atoms with van der Waals surface area (Å²) in [6, 6.07) is 0. The second-order valence-electron chi connectivity index (χ2n) is 2.59. The molecule has 62 valence electrons. The molecule has 0 spiro atoms. The fourth-order valence-electron chi connectivity index (χ4n) is 0.771. The summed E-state index contributed by atoms with van der Waals surface area (Å²) < 4.78 is 0. The lowest BCUT2D eigenvalue weighted by Crippen LogP contribution is -1.70. The van der Waals surface area contributed by atoms with E-state index in [1.807, 2.05) is 6.08 Å². The van der Waals surface area contributed by atoms with Gasteiger partial charge in [0, 0.05) is 6.42 Å². The fraction of sp³-hybridized carbons (Fsp3) is 0.636. The predicted molar refractivity (Wildman–Crippen MR) is 51.3 cm³/mol. The molecule has 0 aliphatic rings. The lowest BCUT2D eigenvalue weighted by molar-refractivity contribution is 0.737. The molecule has 0 aromatic carbocycles. The highest BCUT2D eigenvalue weighted by Crippen LogP contribution is 1.96. The van der Waals surface area contributed by atoms with Crippen molar-refractivity contribution in [3.8, 4) is 11.8 Å². The second-order valence-corrected chi connectivity index (χ2v) is 2.59. The lowest BCUT2D eigenvalue weighted by Gasteiger charge is -1.87. The van der Waals surface area contributed by atoms with E-state index in [9.17, 15) is 0 Å². The third-order valence-electron chi connectivity index (χ3n) is 1.44. The minimum Gasteiger partial charge on any atom is -0.0985 e. The summed E-state index contributed by atoms with van der Waals surface area (Å²) in [6.45, 7) is 4.33. The van der Waals surface area contributed by atoms with Crippen molar-refractivity contribution < 1.29 is 0 Å². The predicted octanol–water partition coefficient (Wildman–Crippen LogP) is 3.54. The van der Waals surface area contributed by atoms with E-state index in [0.29, 0.717) is 0 Å². The molecule has 0 atom stereocenters. The van der Waals surface area contributed by atoms with Crippen molar-refractivity contribution in [2.24, 2.45) is 0 Å². The summed E-state index contributed by atoms with van der Waals surface area (Å²) in [4.78, 5) is 0. The molecule has 0 rings (SSSR count). The molecular formula is C11H18. The Balaban J connectivity index is 3.19. The quantitative estimate of drug-likeness (QED) is 0.425. The molecule has 0 amide bonds. The van der Waals surface area contributed by atoms with E-state index in [2.05, 4.69) is 31.8 Å². The first-order chi connectivity index (χ1) is 5.41. The Morgan fingerprint density at radius 2 is 2.00 bits per heavy atom. The third-order valence-corrected chi connectivity index (χ3v) is 1.44. The van der Waals surface area contributed by atoms with Crippen LogP contribution in [0.5, 0.6) is 0 Å². The Morgan fingerprint density at radius 3 is 2.64 bits per heavy atom. The molecule has 0 bridgehead atoms. The van der Waals surface area contributed by atoms with Gasteiger partial charge < -0.3 is 0 Å². The van der Waals surface area contributed by atoms with Gasteiger partial charge in [-0.1, -0.05) is 44.6 Å². The number of allylic oxidation sites excluding steroid dienone is 2. The van der Waals surface area contributed by atoms with Gasteiger partial charge in [0.05, 0.1) is 0 Å². The zero-order valence-electron chi connectivity index (χ0n) is 7.69. The Morgan fingerprint density at radius 1 is 1.18 bits per heavy atom. The lowest BCUT2D eigenvalue weighted by atomic mass is 10.2. The second kappa shape index (κ2) is 9.30. The van der Waals surface area contributed by atoms with Gasteiger partial charge in [0.2, 0.25) is 0 Å². The van der Waals surface area contributed by atoms with Crippen LogP contribution >= 0.6 is 0 Å². The molecule has 0 N–H and O–H groups in total. The normalized spacial score (nSPS) is 9.64. The first kappa shape index (κ1) is 10.3. The van der Waals surface area contributed by atoms with E-state index in [1.54, 1.807) is 0 Å². The van der Waals surface area contributed by atoms with Crippen molar-refractivity contribution in [3.63, 3.8) is 0 Å². The van der Waals surface area contributed by atoms with Gasteiger partial charge in [0.15, 0.2) is 0 Å². The van der Waals surface area contributed by atoms with Gasteiger partial charge in [0.1, 0.15) is 0 Å². The maximum atomic E-state index is 3.12.